The first-order chi connectivity index (χ1) is 11.6. The van der Waals surface area contributed by atoms with Gasteiger partial charge in [0.15, 0.2) is 0 Å². The number of amides is 2. The van der Waals surface area contributed by atoms with E-state index in [0.717, 1.165) is 38.9 Å². The number of carbonyl (C=O) groups excluding carboxylic acids is 2. The lowest BCUT2D eigenvalue weighted by Gasteiger charge is -2.26. The fourth-order valence-corrected chi connectivity index (χ4v) is 3.11. The van der Waals surface area contributed by atoms with E-state index in [1.165, 1.54) is 5.56 Å². The van der Waals surface area contributed by atoms with Crippen LogP contribution in [-0.2, 0) is 16.1 Å². The van der Waals surface area contributed by atoms with Crippen molar-refractivity contribution in [2.75, 3.05) is 26.7 Å². The number of carbonyl (C=O) groups is 2. The Morgan fingerprint density at radius 3 is 2.75 bits per heavy atom. The minimum Gasteiger partial charge on any atom is -0.353 e. The molecule has 5 nitrogen and oxygen atoms in total. The summed E-state index contributed by atoms with van der Waals surface area (Å²) in [5, 5.41) is 3.01. The lowest BCUT2D eigenvalue weighted by atomic mass is 10.1. The third kappa shape index (κ3) is 5.34. The van der Waals surface area contributed by atoms with Crippen LogP contribution in [0.4, 0.5) is 0 Å². The second-order valence-corrected chi connectivity index (χ2v) is 6.41. The lowest BCUT2D eigenvalue weighted by Crippen LogP contribution is -2.48. The van der Waals surface area contributed by atoms with E-state index >= 15 is 0 Å². The molecule has 1 aliphatic rings. The maximum atomic E-state index is 12.4. The first-order valence-corrected chi connectivity index (χ1v) is 8.91. The molecule has 132 valence electrons. The maximum absolute atomic E-state index is 12.4. The fraction of sp³-hybridized carbons (Fsp3) is 0.579. The molecule has 0 aliphatic carbocycles. The molecule has 2 amide bonds. The predicted octanol–water partition coefficient (Wildman–Crippen LogP) is 2.03. The number of nitrogens with one attached hydrogen (secondary N) is 1. The molecule has 5 heteroatoms. The van der Waals surface area contributed by atoms with Crippen molar-refractivity contribution in [2.45, 2.75) is 45.2 Å². The van der Waals surface area contributed by atoms with E-state index in [1.54, 1.807) is 11.9 Å². The molecule has 1 atom stereocenters. The number of likely N-dealkylation sites (N-methyl/N-ethyl adjacent to an activating group) is 2. The molecule has 2 rings (SSSR count). The first-order valence-electron chi connectivity index (χ1n) is 8.91. The molecule has 1 aromatic carbocycles. The molecule has 0 saturated carbocycles. The Morgan fingerprint density at radius 2 is 2.04 bits per heavy atom. The minimum absolute atomic E-state index is 0.0245. The van der Waals surface area contributed by atoms with E-state index in [1.807, 2.05) is 18.2 Å². The van der Waals surface area contributed by atoms with E-state index in [0.29, 0.717) is 13.0 Å². The molecule has 1 unspecified atom stereocenters. The average molecular weight is 331 g/mol. The van der Waals surface area contributed by atoms with Gasteiger partial charge in [-0.25, -0.2) is 0 Å². The van der Waals surface area contributed by atoms with E-state index in [-0.39, 0.29) is 17.9 Å². The highest BCUT2D eigenvalue weighted by molar-refractivity contribution is 5.87. The van der Waals surface area contributed by atoms with E-state index < -0.39 is 0 Å². The van der Waals surface area contributed by atoms with Crippen molar-refractivity contribution in [1.29, 1.82) is 0 Å². The van der Waals surface area contributed by atoms with Gasteiger partial charge in [0.2, 0.25) is 11.8 Å². The predicted molar refractivity (Wildman–Crippen MR) is 95.4 cm³/mol. The maximum Gasteiger partial charge on any atom is 0.242 e. The molecule has 1 fully saturated rings. The second-order valence-electron chi connectivity index (χ2n) is 6.41. The summed E-state index contributed by atoms with van der Waals surface area (Å²) in [6.07, 6.45) is 3.13. The molecule has 1 heterocycles. The van der Waals surface area contributed by atoms with Crippen LogP contribution in [0, 0.1) is 0 Å². The summed E-state index contributed by atoms with van der Waals surface area (Å²) in [6.45, 7) is 5.36. The van der Waals surface area contributed by atoms with Crippen LogP contribution >= 0.6 is 0 Å². The van der Waals surface area contributed by atoms with Crippen LogP contribution in [0.3, 0.4) is 0 Å². The first kappa shape index (κ1) is 18.5. The van der Waals surface area contributed by atoms with Crippen molar-refractivity contribution in [2.24, 2.45) is 0 Å². The second kappa shape index (κ2) is 9.42. The van der Waals surface area contributed by atoms with Gasteiger partial charge in [-0.05, 0) is 24.9 Å². The van der Waals surface area contributed by atoms with Crippen LogP contribution in [0.1, 0.15) is 38.2 Å². The van der Waals surface area contributed by atoms with Gasteiger partial charge in [-0.1, -0.05) is 43.7 Å². The van der Waals surface area contributed by atoms with Crippen LogP contribution in [0.25, 0.3) is 0 Å². The highest BCUT2D eigenvalue weighted by atomic mass is 16.2. The van der Waals surface area contributed by atoms with Crippen molar-refractivity contribution in [1.82, 2.24) is 15.1 Å². The molecule has 24 heavy (non-hydrogen) atoms. The summed E-state index contributed by atoms with van der Waals surface area (Å²) >= 11 is 0. The Balaban J connectivity index is 1.79. The number of rotatable bonds is 7. The number of benzene rings is 1. The normalized spacial score (nSPS) is 18.5. The lowest BCUT2D eigenvalue weighted by molar-refractivity contribution is -0.138. The van der Waals surface area contributed by atoms with Gasteiger partial charge < -0.3 is 10.2 Å². The SMILES string of the molecule is CCN(CCNC(=O)C1CCCCC(=O)N1C)Cc1ccccc1. The van der Waals surface area contributed by atoms with Crippen molar-refractivity contribution in [3.8, 4) is 0 Å². The van der Waals surface area contributed by atoms with Crippen molar-refractivity contribution in [3.63, 3.8) is 0 Å². The van der Waals surface area contributed by atoms with E-state index in [4.69, 9.17) is 0 Å². The largest absolute Gasteiger partial charge is 0.353 e. The Labute approximate surface area is 145 Å². The zero-order chi connectivity index (χ0) is 17.4. The molecule has 1 saturated heterocycles. The Morgan fingerprint density at radius 1 is 1.29 bits per heavy atom. The molecular weight excluding hydrogens is 302 g/mol. The summed E-state index contributed by atoms with van der Waals surface area (Å²) in [4.78, 5) is 28.2. The minimum atomic E-state index is -0.316. The summed E-state index contributed by atoms with van der Waals surface area (Å²) < 4.78 is 0. The van der Waals surface area contributed by atoms with Crippen LogP contribution < -0.4 is 5.32 Å². The molecule has 1 N–H and O–H groups in total. The van der Waals surface area contributed by atoms with Gasteiger partial charge in [-0.15, -0.1) is 0 Å². The molecule has 0 aromatic heterocycles. The van der Waals surface area contributed by atoms with Crippen LogP contribution in [0.5, 0.6) is 0 Å². The number of hydrogen-bond acceptors (Lipinski definition) is 3. The molecule has 0 bridgehead atoms. The highest BCUT2D eigenvalue weighted by Gasteiger charge is 2.28. The zero-order valence-corrected chi connectivity index (χ0v) is 14.8. The van der Waals surface area contributed by atoms with Gasteiger partial charge in [-0.3, -0.25) is 14.5 Å². The van der Waals surface area contributed by atoms with Gasteiger partial charge in [0.05, 0.1) is 0 Å². The third-order valence-electron chi connectivity index (χ3n) is 4.71. The van der Waals surface area contributed by atoms with Gasteiger partial charge >= 0.3 is 0 Å². The summed E-state index contributed by atoms with van der Waals surface area (Å²) in [5.41, 5.74) is 1.28. The summed E-state index contributed by atoms with van der Waals surface area (Å²) in [6, 6.07) is 10.0. The van der Waals surface area contributed by atoms with Crippen LogP contribution in [0.2, 0.25) is 0 Å². The Hall–Kier alpha value is -1.88. The molecule has 1 aliphatic heterocycles. The number of likely N-dealkylation sites (tertiary alicyclic amines) is 1. The van der Waals surface area contributed by atoms with E-state index in [9.17, 15) is 9.59 Å². The van der Waals surface area contributed by atoms with Gasteiger partial charge in [0.25, 0.3) is 0 Å². The van der Waals surface area contributed by atoms with Crippen LogP contribution in [0.15, 0.2) is 30.3 Å². The van der Waals surface area contributed by atoms with Crippen molar-refractivity contribution >= 4 is 11.8 Å². The van der Waals surface area contributed by atoms with Crippen molar-refractivity contribution in [3.05, 3.63) is 35.9 Å². The molecular formula is C19H29N3O2. The molecule has 1 aromatic rings. The number of nitrogens with zero attached hydrogens (tertiary/aromatic N) is 2. The zero-order valence-electron chi connectivity index (χ0n) is 14.8. The van der Waals surface area contributed by atoms with Crippen LogP contribution in [-0.4, -0.2) is 54.3 Å². The molecule has 0 spiro atoms. The fourth-order valence-electron chi connectivity index (χ4n) is 3.11. The smallest absolute Gasteiger partial charge is 0.242 e. The highest BCUT2D eigenvalue weighted by Crippen LogP contribution is 2.16. The standard InChI is InChI=1S/C19H29N3O2/c1-3-22(15-16-9-5-4-6-10-16)14-13-20-19(24)17-11-7-8-12-18(23)21(17)2/h4-6,9-10,17H,3,7-8,11-15H2,1-2H3,(H,20,24). The van der Waals surface area contributed by atoms with Crippen molar-refractivity contribution < 1.29 is 9.59 Å². The quantitative estimate of drug-likeness (QED) is 0.832. The van der Waals surface area contributed by atoms with Gasteiger partial charge in [0.1, 0.15) is 6.04 Å². The summed E-state index contributed by atoms with van der Waals surface area (Å²) in [5.74, 6) is 0.0513. The molecule has 0 radical (unpaired) electrons. The monoisotopic (exact) mass is 331 g/mol. The Kier molecular flexibility index (Phi) is 7.25. The summed E-state index contributed by atoms with van der Waals surface area (Å²) in [7, 11) is 1.74. The van der Waals surface area contributed by atoms with Gasteiger partial charge in [0, 0.05) is 33.1 Å². The number of hydrogen-bond donors (Lipinski definition) is 1. The van der Waals surface area contributed by atoms with Gasteiger partial charge in [-0.2, -0.15) is 0 Å². The average Bonchev–Trinajstić information content (AvgIpc) is 2.76. The van der Waals surface area contributed by atoms with E-state index in [2.05, 4.69) is 29.3 Å². The topological polar surface area (TPSA) is 52.7 Å². The Bertz CT molecular complexity index is 533. The third-order valence-corrected chi connectivity index (χ3v) is 4.71.